The molecule has 0 aliphatic carbocycles. The van der Waals surface area contributed by atoms with E-state index in [1.165, 1.54) is 12.3 Å². The SMILES string of the molecule is O=C(N/N=C\c1cc(Br)ccc1OCc1ccccc1)C(=O)Nc1ccccc1C(=O)Nc1ccccc1. The number of nitrogens with zero attached hydrogens (tertiary/aromatic N) is 1. The number of rotatable bonds is 8. The maximum Gasteiger partial charge on any atom is 0.329 e. The topological polar surface area (TPSA) is 109 Å². The summed E-state index contributed by atoms with van der Waals surface area (Å²) in [7, 11) is 0. The number of halogens is 1. The number of nitrogens with one attached hydrogen (secondary N) is 3. The van der Waals surface area contributed by atoms with E-state index in [0.717, 1.165) is 10.0 Å². The van der Waals surface area contributed by atoms with E-state index in [-0.39, 0.29) is 11.3 Å². The van der Waals surface area contributed by atoms with Gasteiger partial charge in [0.2, 0.25) is 0 Å². The molecule has 0 radical (unpaired) electrons. The zero-order valence-corrected chi connectivity index (χ0v) is 21.6. The van der Waals surface area contributed by atoms with Gasteiger partial charge in [0.05, 0.1) is 17.5 Å². The summed E-state index contributed by atoms with van der Waals surface area (Å²) in [5.74, 6) is -1.85. The van der Waals surface area contributed by atoms with Crippen molar-refractivity contribution in [1.29, 1.82) is 0 Å². The van der Waals surface area contributed by atoms with Crippen molar-refractivity contribution in [3.63, 3.8) is 0 Å². The highest BCUT2D eigenvalue weighted by molar-refractivity contribution is 9.10. The van der Waals surface area contributed by atoms with Gasteiger partial charge < -0.3 is 15.4 Å². The molecule has 0 saturated heterocycles. The van der Waals surface area contributed by atoms with Crippen molar-refractivity contribution in [2.45, 2.75) is 6.61 Å². The molecule has 0 atom stereocenters. The van der Waals surface area contributed by atoms with Crippen LogP contribution in [0.3, 0.4) is 0 Å². The van der Waals surface area contributed by atoms with Crippen molar-refractivity contribution < 1.29 is 19.1 Å². The lowest BCUT2D eigenvalue weighted by molar-refractivity contribution is -0.136. The van der Waals surface area contributed by atoms with E-state index in [1.54, 1.807) is 54.6 Å². The summed E-state index contributed by atoms with van der Waals surface area (Å²) in [6.07, 6.45) is 1.39. The molecule has 4 rings (SSSR count). The molecule has 9 heteroatoms. The van der Waals surface area contributed by atoms with Crippen LogP contribution >= 0.6 is 15.9 Å². The van der Waals surface area contributed by atoms with Crippen LogP contribution in [0.5, 0.6) is 5.75 Å². The van der Waals surface area contributed by atoms with Crippen LogP contribution in [0, 0.1) is 0 Å². The molecule has 38 heavy (non-hydrogen) atoms. The third-order valence-electron chi connectivity index (χ3n) is 5.24. The van der Waals surface area contributed by atoms with Crippen molar-refractivity contribution in [3.05, 3.63) is 124 Å². The zero-order chi connectivity index (χ0) is 26.7. The number of benzene rings is 4. The lowest BCUT2D eigenvalue weighted by Gasteiger charge is -2.11. The first-order chi connectivity index (χ1) is 18.5. The Morgan fingerprint density at radius 1 is 0.789 bits per heavy atom. The molecule has 0 aliphatic heterocycles. The molecular formula is C29H23BrN4O4. The molecule has 0 spiro atoms. The minimum atomic E-state index is -0.999. The van der Waals surface area contributed by atoms with Gasteiger partial charge in [-0.1, -0.05) is 76.6 Å². The number of hydrogen-bond donors (Lipinski definition) is 3. The molecule has 8 nitrogen and oxygen atoms in total. The summed E-state index contributed by atoms with van der Waals surface area (Å²) in [4.78, 5) is 37.6. The fourth-order valence-electron chi connectivity index (χ4n) is 3.39. The van der Waals surface area contributed by atoms with Crippen molar-refractivity contribution in [3.8, 4) is 5.75 Å². The van der Waals surface area contributed by atoms with E-state index in [9.17, 15) is 14.4 Å². The molecule has 0 aromatic heterocycles. The lowest BCUT2D eigenvalue weighted by atomic mass is 10.1. The summed E-state index contributed by atoms with van der Waals surface area (Å²) in [5.41, 5.74) is 4.80. The summed E-state index contributed by atoms with van der Waals surface area (Å²) in [6.45, 7) is 0.356. The maximum absolute atomic E-state index is 12.7. The Morgan fingerprint density at radius 3 is 2.24 bits per heavy atom. The van der Waals surface area contributed by atoms with Crippen molar-refractivity contribution in [2.24, 2.45) is 5.10 Å². The van der Waals surface area contributed by atoms with Crippen LogP contribution in [0.1, 0.15) is 21.5 Å². The average molecular weight is 571 g/mol. The monoisotopic (exact) mass is 570 g/mol. The number of amides is 3. The van der Waals surface area contributed by atoms with Crippen molar-refractivity contribution >= 4 is 51.2 Å². The summed E-state index contributed by atoms with van der Waals surface area (Å²) < 4.78 is 6.69. The standard InChI is InChI=1S/C29H23BrN4O4/c30-22-15-16-26(38-19-20-9-3-1-4-10-20)21(17-22)18-31-34-29(37)28(36)33-25-14-8-7-13-24(25)27(35)32-23-11-5-2-6-12-23/h1-18H,19H2,(H,32,35)(H,33,36)(H,34,37)/b31-18-. The molecule has 4 aromatic rings. The fraction of sp³-hybridized carbons (Fsp3) is 0.0345. The smallest absolute Gasteiger partial charge is 0.329 e. The number of hydrogen-bond acceptors (Lipinski definition) is 5. The molecule has 0 unspecified atom stereocenters. The average Bonchev–Trinajstić information content (AvgIpc) is 2.94. The summed E-state index contributed by atoms with van der Waals surface area (Å²) in [5, 5.41) is 9.13. The van der Waals surface area contributed by atoms with Gasteiger partial charge in [-0.2, -0.15) is 5.10 Å². The van der Waals surface area contributed by atoms with Gasteiger partial charge in [0.15, 0.2) is 0 Å². The number of hydrazone groups is 1. The molecule has 0 saturated carbocycles. The first-order valence-corrected chi connectivity index (χ1v) is 12.3. The third kappa shape index (κ3) is 7.37. The van der Waals surface area contributed by atoms with Gasteiger partial charge >= 0.3 is 11.8 Å². The highest BCUT2D eigenvalue weighted by Gasteiger charge is 2.18. The van der Waals surface area contributed by atoms with Crippen LogP contribution < -0.4 is 20.8 Å². The second kappa shape index (κ2) is 13.0. The van der Waals surface area contributed by atoms with Crippen molar-refractivity contribution in [2.75, 3.05) is 10.6 Å². The molecule has 0 aliphatic rings. The molecular weight excluding hydrogens is 548 g/mol. The van der Waals surface area contributed by atoms with E-state index in [1.807, 2.05) is 42.5 Å². The van der Waals surface area contributed by atoms with Gasteiger partial charge in [-0.15, -0.1) is 0 Å². The Labute approximate surface area is 227 Å². The van der Waals surface area contributed by atoms with Crippen LogP contribution in [-0.2, 0) is 16.2 Å². The van der Waals surface area contributed by atoms with Gasteiger partial charge in [0, 0.05) is 15.7 Å². The van der Waals surface area contributed by atoms with E-state index >= 15 is 0 Å². The van der Waals surface area contributed by atoms with Crippen LogP contribution in [0.25, 0.3) is 0 Å². The number of anilines is 2. The first kappa shape index (κ1) is 26.3. The number of carbonyl (C=O) groups is 3. The maximum atomic E-state index is 12.7. The lowest BCUT2D eigenvalue weighted by Crippen LogP contribution is -2.33. The third-order valence-corrected chi connectivity index (χ3v) is 5.73. The van der Waals surface area contributed by atoms with Gasteiger partial charge in [0.25, 0.3) is 5.91 Å². The first-order valence-electron chi connectivity index (χ1n) is 11.6. The number of carbonyl (C=O) groups excluding carboxylic acids is 3. The largest absolute Gasteiger partial charge is 0.488 e. The quantitative estimate of drug-likeness (QED) is 0.150. The van der Waals surface area contributed by atoms with Gasteiger partial charge in [0.1, 0.15) is 12.4 Å². The Balaban J connectivity index is 1.38. The van der Waals surface area contributed by atoms with E-state index in [4.69, 9.17) is 4.74 Å². The van der Waals surface area contributed by atoms with Gasteiger partial charge in [-0.3, -0.25) is 14.4 Å². The number of para-hydroxylation sites is 2. The zero-order valence-electron chi connectivity index (χ0n) is 20.1. The van der Waals surface area contributed by atoms with E-state index in [0.29, 0.717) is 23.6 Å². The van der Waals surface area contributed by atoms with Crippen LogP contribution in [0.2, 0.25) is 0 Å². The summed E-state index contributed by atoms with van der Waals surface area (Å²) >= 11 is 3.41. The van der Waals surface area contributed by atoms with Crippen LogP contribution in [-0.4, -0.2) is 23.9 Å². The number of ether oxygens (including phenoxy) is 1. The molecule has 0 fully saturated rings. The molecule has 0 heterocycles. The fourth-order valence-corrected chi connectivity index (χ4v) is 3.77. The molecule has 0 bridgehead atoms. The highest BCUT2D eigenvalue weighted by Crippen LogP contribution is 2.23. The normalized spacial score (nSPS) is 10.6. The van der Waals surface area contributed by atoms with E-state index < -0.39 is 17.7 Å². The molecule has 3 amide bonds. The Bertz CT molecular complexity index is 1460. The Morgan fingerprint density at radius 2 is 1.47 bits per heavy atom. The summed E-state index contributed by atoms with van der Waals surface area (Å²) in [6, 6.07) is 30.4. The molecule has 190 valence electrons. The van der Waals surface area contributed by atoms with Gasteiger partial charge in [-0.25, -0.2) is 5.43 Å². The predicted octanol–water partition coefficient (Wildman–Crippen LogP) is 5.37. The van der Waals surface area contributed by atoms with Crippen LogP contribution in [0.15, 0.2) is 113 Å². The predicted molar refractivity (Wildman–Crippen MR) is 150 cm³/mol. The second-order valence-corrected chi connectivity index (χ2v) is 8.89. The minimum Gasteiger partial charge on any atom is -0.488 e. The van der Waals surface area contributed by atoms with Crippen molar-refractivity contribution in [1.82, 2.24) is 5.43 Å². The van der Waals surface area contributed by atoms with E-state index in [2.05, 4.69) is 37.1 Å². The van der Waals surface area contributed by atoms with Gasteiger partial charge in [-0.05, 0) is 48.0 Å². The molecule has 4 aromatic carbocycles. The Hall–Kier alpha value is -4.76. The van der Waals surface area contributed by atoms with Crippen LogP contribution in [0.4, 0.5) is 11.4 Å². The Kier molecular flexibility index (Phi) is 8.98. The minimum absolute atomic E-state index is 0.189. The highest BCUT2D eigenvalue weighted by atomic mass is 79.9. The second-order valence-electron chi connectivity index (χ2n) is 7.98. The molecule has 3 N–H and O–H groups in total.